The van der Waals surface area contributed by atoms with Gasteiger partial charge in [0, 0.05) is 29.6 Å². The molecule has 1 aliphatic heterocycles. The van der Waals surface area contributed by atoms with Gasteiger partial charge < -0.3 is 19.4 Å². The minimum atomic E-state index is -0.351. The first kappa shape index (κ1) is 23.8. The molecule has 3 heterocycles. The maximum absolute atomic E-state index is 13.3. The molecule has 1 fully saturated rings. The van der Waals surface area contributed by atoms with Crippen molar-refractivity contribution in [1.29, 1.82) is 0 Å². The second-order valence-corrected chi connectivity index (χ2v) is 9.10. The quantitative estimate of drug-likeness (QED) is 0.425. The highest BCUT2D eigenvalue weighted by Gasteiger charge is 2.28. The van der Waals surface area contributed by atoms with Crippen LogP contribution in [-0.4, -0.2) is 63.1 Å². The number of hydrogen-bond acceptors (Lipinski definition) is 7. The molecule has 1 atom stereocenters. The van der Waals surface area contributed by atoms with Crippen LogP contribution in [0.25, 0.3) is 11.2 Å². The predicted octanol–water partition coefficient (Wildman–Crippen LogP) is 3.25. The van der Waals surface area contributed by atoms with Gasteiger partial charge in [-0.15, -0.1) is 5.10 Å². The third-order valence-corrected chi connectivity index (χ3v) is 6.57. The van der Waals surface area contributed by atoms with Crippen LogP contribution in [0, 0.1) is 0 Å². The van der Waals surface area contributed by atoms with Crippen molar-refractivity contribution < 1.29 is 14.3 Å². The van der Waals surface area contributed by atoms with Gasteiger partial charge in [0.1, 0.15) is 5.82 Å². The number of likely N-dealkylation sites (tertiary alicyclic amines) is 1. The molecule has 1 saturated heterocycles. The number of amides is 1. The Hall–Kier alpha value is -3.92. The van der Waals surface area contributed by atoms with E-state index in [1.54, 1.807) is 41.0 Å². The summed E-state index contributed by atoms with van der Waals surface area (Å²) < 4.78 is 12.2. The number of benzene rings is 2. The molecule has 2 aromatic heterocycles. The number of methoxy groups -OCH3 is 2. The first-order valence-electron chi connectivity index (χ1n) is 11.6. The van der Waals surface area contributed by atoms with Crippen LogP contribution in [-0.2, 0) is 6.54 Å². The molecule has 11 heteroatoms. The fourth-order valence-corrected chi connectivity index (χ4v) is 4.74. The molecule has 5 rings (SSSR count). The molecule has 1 N–H and O–H groups in total. The molecule has 0 radical (unpaired) electrons. The molecule has 186 valence electrons. The van der Waals surface area contributed by atoms with Crippen LogP contribution in [0.1, 0.15) is 40.5 Å². The SMILES string of the molecule is COc1ccc(C(=O)N2CCCC(c3nc4c(nnn4Cc4cccc(Cl)c4)c(=O)[nH]3)C2)cc1OC. The van der Waals surface area contributed by atoms with Crippen LogP contribution in [0.5, 0.6) is 11.5 Å². The van der Waals surface area contributed by atoms with Crippen molar-refractivity contribution in [2.24, 2.45) is 0 Å². The third-order valence-electron chi connectivity index (χ3n) is 6.34. The second-order valence-electron chi connectivity index (χ2n) is 8.66. The number of carbonyl (C=O) groups excluding carboxylic acids is 1. The number of carbonyl (C=O) groups is 1. The molecule has 0 aliphatic carbocycles. The Morgan fingerprint density at radius 1 is 1.17 bits per heavy atom. The van der Waals surface area contributed by atoms with Gasteiger partial charge in [-0.3, -0.25) is 9.59 Å². The number of hydrogen-bond donors (Lipinski definition) is 1. The van der Waals surface area contributed by atoms with Crippen LogP contribution in [0.4, 0.5) is 0 Å². The van der Waals surface area contributed by atoms with E-state index in [9.17, 15) is 9.59 Å². The van der Waals surface area contributed by atoms with Crippen molar-refractivity contribution in [2.75, 3.05) is 27.3 Å². The molecule has 4 aromatic rings. The molecule has 36 heavy (non-hydrogen) atoms. The third kappa shape index (κ3) is 4.64. The number of rotatable bonds is 6. The summed E-state index contributed by atoms with van der Waals surface area (Å²) in [6, 6.07) is 12.5. The molecular weight excluding hydrogens is 484 g/mol. The lowest BCUT2D eigenvalue weighted by molar-refractivity contribution is 0.0704. The van der Waals surface area contributed by atoms with E-state index in [0.717, 1.165) is 18.4 Å². The van der Waals surface area contributed by atoms with Crippen LogP contribution in [0.3, 0.4) is 0 Å². The molecule has 2 aromatic carbocycles. The molecule has 1 unspecified atom stereocenters. The van der Waals surface area contributed by atoms with E-state index >= 15 is 0 Å². The number of nitrogens with zero attached hydrogens (tertiary/aromatic N) is 5. The van der Waals surface area contributed by atoms with Crippen molar-refractivity contribution in [2.45, 2.75) is 25.3 Å². The summed E-state index contributed by atoms with van der Waals surface area (Å²) in [5.74, 6) is 1.33. The standard InChI is InChI=1S/C25H25ClN6O4/c1-35-19-9-8-16(12-20(19)36-2)25(34)31-10-4-6-17(14-31)22-27-23-21(24(33)28-22)29-30-32(23)13-15-5-3-7-18(26)11-15/h3,5,7-9,11-12,17H,4,6,10,13-14H2,1-2H3,(H,27,28,33). The fourth-order valence-electron chi connectivity index (χ4n) is 4.53. The van der Waals surface area contributed by atoms with Gasteiger partial charge in [0.2, 0.25) is 0 Å². The first-order valence-corrected chi connectivity index (χ1v) is 11.9. The van der Waals surface area contributed by atoms with Gasteiger partial charge in [0.25, 0.3) is 11.5 Å². The summed E-state index contributed by atoms with van der Waals surface area (Å²) in [6.45, 7) is 1.42. The number of ether oxygens (including phenoxy) is 2. The van der Waals surface area contributed by atoms with E-state index in [1.165, 1.54) is 7.11 Å². The van der Waals surface area contributed by atoms with Crippen molar-refractivity contribution in [3.63, 3.8) is 0 Å². The summed E-state index contributed by atoms with van der Waals surface area (Å²) >= 11 is 6.11. The van der Waals surface area contributed by atoms with Gasteiger partial charge in [0.15, 0.2) is 22.7 Å². The zero-order chi connectivity index (χ0) is 25.2. The van der Waals surface area contributed by atoms with Crippen molar-refractivity contribution in [1.82, 2.24) is 29.9 Å². The smallest absolute Gasteiger partial charge is 0.281 e. The van der Waals surface area contributed by atoms with Crippen molar-refractivity contribution >= 4 is 28.7 Å². The van der Waals surface area contributed by atoms with Gasteiger partial charge in [-0.2, -0.15) is 0 Å². The fraction of sp³-hybridized carbons (Fsp3) is 0.320. The Morgan fingerprint density at radius 3 is 2.78 bits per heavy atom. The second kappa shape index (κ2) is 9.98. The molecule has 0 saturated carbocycles. The highest BCUT2D eigenvalue weighted by molar-refractivity contribution is 6.30. The van der Waals surface area contributed by atoms with Gasteiger partial charge >= 0.3 is 0 Å². The summed E-state index contributed by atoms with van der Waals surface area (Å²) in [6.07, 6.45) is 1.57. The number of piperidine rings is 1. The first-order chi connectivity index (χ1) is 17.5. The average Bonchev–Trinajstić information content (AvgIpc) is 3.31. The van der Waals surface area contributed by atoms with Gasteiger partial charge in [0.05, 0.1) is 20.8 Å². The lowest BCUT2D eigenvalue weighted by atomic mass is 9.96. The van der Waals surface area contributed by atoms with Crippen LogP contribution >= 0.6 is 11.6 Å². The average molecular weight is 509 g/mol. The Bertz CT molecular complexity index is 1480. The number of H-pyrrole nitrogens is 1. The highest BCUT2D eigenvalue weighted by atomic mass is 35.5. The Labute approximate surface area is 211 Å². The summed E-state index contributed by atoms with van der Waals surface area (Å²) in [4.78, 5) is 35.4. The molecule has 0 spiro atoms. The van der Waals surface area contributed by atoms with E-state index < -0.39 is 0 Å². The topological polar surface area (TPSA) is 115 Å². The van der Waals surface area contributed by atoms with Crippen LogP contribution < -0.4 is 15.0 Å². The molecule has 1 amide bonds. The largest absolute Gasteiger partial charge is 0.493 e. The number of nitrogens with one attached hydrogen (secondary N) is 1. The van der Waals surface area contributed by atoms with E-state index in [2.05, 4.69) is 15.3 Å². The zero-order valence-electron chi connectivity index (χ0n) is 19.9. The van der Waals surface area contributed by atoms with E-state index in [4.69, 9.17) is 26.1 Å². The highest BCUT2D eigenvalue weighted by Crippen LogP contribution is 2.30. The normalized spacial score (nSPS) is 15.8. The lowest BCUT2D eigenvalue weighted by Gasteiger charge is -2.32. The van der Waals surface area contributed by atoms with E-state index in [-0.39, 0.29) is 22.9 Å². The van der Waals surface area contributed by atoms with Gasteiger partial charge in [-0.05, 0) is 48.7 Å². The molecular formula is C25H25ClN6O4. The zero-order valence-corrected chi connectivity index (χ0v) is 20.7. The Kier molecular flexibility index (Phi) is 6.60. The van der Waals surface area contributed by atoms with Gasteiger partial charge in [-0.25, -0.2) is 9.67 Å². The number of aromatic nitrogens is 5. The molecule has 10 nitrogen and oxygen atoms in total. The summed E-state index contributed by atoms with van der Waals surface area (Å²) in [5.41, 5.74) is 1.65. The summed E-state index contributed by atoms with van der Waals surface area (Å²) in [7, 11) is 3.09. The predicted molar refractivity (Wildman–Crippen MR) is 134 cm³/mol. The minimum absolute atomic E-state index is 0.114. The summed E-state index contributed by atoms with van der Waals surface area (Å²) in [5, 5.41) is 8.77. The minimum Gasteiger partial charge on any atom is -0.493 e. The Morgan fingerprint density at radius 2 is 2.00 bits per heavy atom. The van der Waals surface area contributed by atoms with E-state index in [0.29, 0.717) is 53.2 Å². The van der Waals surface area contributed by atoms with Crippen molar-refractivity contribution in [3.05, 3.63) is 74.8 Å². The monoisotopic (exact) mass is 508 g/mol. The lowest BCUT2D eigenvalue weighted by Crippen LogP contribution is -2.40. The number of fused-ring (bicyclic) bond motifs is 1. The van der Waals surface area contributed by atoms with Gasteiger partial charge in [-0.1, -0.05) is 28.9 Å². The number of halogens is 1. The molecule has 0 bridgehead atoms. The van der Waals surface area contributed by atoms with Crippen LogP contribution in [0.15, 0.2) is 47.3 Å². The van der Waals surface area contributed by atoms with E-state index in [1.807, 2.05) is 18.2 Å². The maximum atomic E-state index is 13.3. The van der Waals surface area contributed by atoms with Crippen LogP contribution in [0.2, 0.25) is 5.02 Å². The molecule has 1 aliphatic rings. The maximum Gasteiger partial charge on any atom is 0.281 e. The Balaban J connectivity index is 1.41. The van der Waals surface area contributed by atoms with Crippen molar-refractivity contribution in [3.8, 4) is 11.5 Å². The number of aromatic amines is 1.